The van der Waals surface area contributed by atoms with Gasteiger partial charge in [-0.05, 0) is 37.7 Å². The Morgan fingerprint density at radius 1 is 1.38 bits per heavy atom. The molecule has 0 saturated carbocycles. The van der Waals surface area contributed by atoms with Gasteiger partial charge in [0.25, 0.3) is 0 Å². The molecule has 0 radical (unpaired) electrons. The highest BCUT2D eigenvalue weighted by atomic mass is 127. The Bertz CT molecular complexity index is 528. The zero-order valence-corrected chi connectivity index (χ0v) is 16.8. The SMILES string of the molecule is CCNC(=NCC1CCCS1)NCCOc1ccc(F)cc1F.I. The number of hydrogen-bond donors (Lipinski definition) is 2. The van der Waals surface area contributed by atoms with Crippen LogP contribution in [0.5, 0.6) is 5.75 Å². The highest BCUT2D eigenvalue weighted by Crippen LogP contribution is 2.26. The van der Waals surface area contributed by atoms with Gasteiger partial charge in [-0.15, -0.1) is 24.0 Å². The van der Waals surface area contributed by atoms with E-state index in [0.29, 0.717) is 11.8 Å². The van der Waals surface area contributed by atoms with Crippen molar-refractivity contribution in [2.45, 2.75) is 25.0 Å². The van der Waals surface area contributed by atoms with E-state index in [4.69, 9.17) is 4.74 Å². The zero-order valence-electron chi connectivity index (χ0n) is 13.7. The van der Waals surface area contributed by atoms with E-state index in [2.05, 4.69) is 15.6 Å². The predicted molar refractivity (Wildman–Crippen MR) is 107 cm³/mol. The van der Waals surface area contributed by atoms with Crippen LogP contribution in [0.1, 0.15) is 19.8 Å². The summed E-state index contributed by atoms with van der Waals surface area (Å²) in [5.74, 6) is 0.713. The second-order valence-corrected chi connectivity index (χ2v) is 6.61. The minimum Gasteiger partial charge on any atom is -0.489 e. The summed E-state index contributed by atoms with van der Waals surface area (Å²) in [4.78, 5) is 4.56. The molecule has 1 atom stereocenters. The fourth-order valence-corrected chi connectivity index (χ4v) is 3.43. The van der Waals surface area contributed by atoms with Crippen molar-refractivity contribution in [1.29, 1.82) is 0 Å². The van der Waals surface area contributed by atoms with Crippen molar-refractivity contribution in [2.75, 3.05) is 32.0 Å². The lowest BCUT2D eigenvalue weighted by molar-refractivity contribution is 0.304. The number of ether oxygens (including phenoxy) is 1. The molecule has 136 valence electrons. The van der Waals surface area contributed by atoms with Gasteiger partial charge in [-0.3, -0.25) is 4.99 Å². The first-order valence-corrected chi connectivity index (χ1v) is 8.95. The largest absolute Gasteiger partial charge is 0.489 e. The first kappa shape index (κ1) is 21.3. The lowest BCUT2D eigenvalue weighted by Crippen LogP contribution is -2.39. The smallest absolute Gasteiger partial charge is 0.191 e. The summed E-state index contributed by atoms with van der Waals surface area (Å²) in [6.45, 7) is 4.34. The first-order valence-electron chi connectivity index (χ1n) is 7.90. The van der Waals surface area contributed by atoms with Crippen LogP contribution in [-0.4, -0.2) is 43.2 Å². The van der Waals surface area contributed by atoms with Gasteiger partial charge in [0.05, 0.1) is 13.1 Å². The van der Waals surface area contributed by atoms with E-state index in [0.717, 1.165) is 25.1 Å². The molecule has 1 aromatic rings. The number of rotatable bonds is 7. The van der Waals surface area contributed by atoms with Crippen LogP contribution >= 0.6 is 35.7 Å². The van der Waals surface area contributed by atoms with E-state index >= 15 is 0 Å². The van der Waals surface area contributed by atoms with Crippen LogP contribution < -0.4 is 15.4 Å². The van der Waals surface area contributed by atoms with Gasteiger partial charge in [0.15, 0.2) is 17.5 Å². The van der Waals surface area contributed by atoms with E-state index in [1.165, 1.54) is 30.7 Å². The molecule has 1 unspecified atom stereocenters. The maximum atomic E-state index is 13.4. The number of nitrogens with one attached hydrogen (secondary N) is 2. The van der Waals surface area contributed by atoms with Gasteiger partial charge in [0.2, 0.25) is 0 Å². The number of benzene rings is 1. The van der Waals surface area contributed by atoms with Crippen molar-refractivity contribution in [3.63, 3.8) is 0 Å². The fraction of sp³-hybridized carbons (Fsp3) is 0.562. The van der Waals surface area contributed by atoms with Crippen LogP contribution in [0, 0.1) is 11.6 Å². The molecule has 0 aromatic heterocycles. The average molecular weight is 471 g/mol. The topological polar surface area (TPSA) is 45.7 Å². The van der Waals surface area contributed by atoms with Gasteiger partial charge < -0.3 is 15.4 Å². The second-order valence-electron chi connectivity index (χ2n) is 5.20. The quantitative estimate of drug-likeness (QED) is 0.277. The maximum absolute atomic E-state index is 13.4. The standard InChI is InChI=1S/C16H23F2N3OS.HI/c1-2-19-16(21-11-13-4-3-9-23-13)20-7-8-22-15-6-5-12(17)10-14(15)18;/h5-6,10,13H,2-4,7-9,11H2,1H3,(H2,19,20,21);1H. The van der Waals surface area contributed by atoms with Crippen molar-refractivity contribution in [3.05, 3.63) is 29.8 Å². The molecule has 8 heteroatoms. The summed E-state index contributed by atoms with van der Waals surface area (Å²) in [6.07, 6.45) is 2.49. The third-order valence-corrected chi connectivity index (χ3v) is 4.75. The minimum atomic E-state index is -0.691. The van der Waals surface area contributed by atoms with Crippen LogP contribution in [0.4, 0.5) is 8.78 Å². The Morgan fingerprint density at radius 2 is 2.21 bits per heavy atom. The number of guanidine groups is 1. The Hall–Kier alpha value is -0.770. The van der Waals surface area contributed by atoms with E-state index < -0.39 is 11.6 Å². The number of nitrogens with zero attached hydrogens (tertiary/aromatic N) is 1. The third-order valence-electron chi connectivity index (χ3n) is 3.37. The van der Waals surface area contributed by atoms with Crippen molar-refractivity contribution in [1.82, 2.24) is 10.6 Å². The molecule has 0 spiro atoms. The Morgan fingerprint density at radius 3 is 2.88 bits per heavy atom. The number of hydrogen-bond acceptors (Lipinski definition) is 3. The van der Waals surface area contributed by atoms with Gasteiger partial charge in [-0.25, -0.2) is 8.78 Å². The van der Waals surface area contributed by atoms with Crippen LogP contribution in [0.3, 0.4) is 0 Å². The number of aliphatic imine (C=N–C) groups is 1. The van der Waals surface area contributed by atoms with E-state index in [-0.39, 0.29) is 36.3 Å². The van der Waals surface area contributed by atoms with Crippen LogP contribution in [-0.2, 0) is 0 Å². The van der Waals surface area contributed by atoms with Crippen LogP contribution in [0.25, 0.3) is 0 Å². The highest BCUT2D eigenvalue weighted by molar-refractivity contribution is 14.0. The van der Waals surface area contributed by atoms with E-state index in [1.807, 2.05) is 18.7 Å². The molecule has 0 amide bonds. The Kier molecular flexibility index (Phi) is 10.4. The first-order chi connectivity index (χ1) is 11.2. The molecule has 2 rings (SSSR count). The summed E-state index contributed by atoms with van der Waals surface area (Å²) >= 11 is 1.97. The molecule has 4 nitrogen and oxygen atoms in total. The summed E-state index contributed by atoms with van der Waals surface area (Å²) < 4.78 is 31.5. The molecular weight excluding hydrogens is 447 g/mol. The van der Waals surface area contributed by atoms with Gasteiger partial charge in [0.1, 0.15) is 12.4 Å². The molecule has 0 bridgehead atoms. The monoisotopic (exact) mass is 471 g/mol. The molecule has 1 aromatic carbocycles. The van der Waals surface area contributed by atoms with Crippen LogP contribution in [0.15, 0.2) is 23.2 Å². The number of halogens is 3. The normalized spacial score (nSPS) is 17.3. The lowest BCUT2D eigenvalue weighted by atomic mass is 10.2. The summed E-state index contributed by atoms with van der Waals surface area (Å²) in [5.41, 5.74) is 0. The summed E-state index contributed by atoms with van der Waals surface area (Å²) in [7, 11) is 0. The van der Waals surface area contributed by atoms with Crippen molar-refractivity contribution >= 4 is 41.7 Å². The molecule has 1 saturated heterocycles. The second kappa shape index (κ2) is 11.7. The predicted octanol–water partition coefficient (Wildman–Crippen LogP) is 3.41. The Labute approximate surface area is 163 Å². The lowest BCUT2D eigenvalue weighted by Gasteiger charge is -2.13. The molecule has 1 fully saturated rings. The van der Waals surface area contributed by atoms with Crippen molar-refractivity contribution < 1.29 is 13.5 Å². The third kappa shape index (κ3) is 7.42. The molecule has 2 N–H and O–H groups in total. The highest BCUT2D eigenvalue weighted by Gasteiger charge is 2.14. The summed E-state index contributed by atoms with van der Waals surface area (Å²) in [5, 5.41) is 6.93. The van der Waals surface area contributed by atoms with Crippen LogP contribution in [0.2, 0.25) is 0 Å². The van der Waals surface area contributed by atoms with E-state index in [9.17, 15) is 8.78 Å². The maximum Gasteiger partial charge on any atom is 0.191 e. The number of thioether (sulfide) groups is 1. The molecule has 0 aliphatic carbocycles. The van der Waals surface area contributed by atoms with Gasteiger partial charge in [-0.2, -0.15) is 11.8 Å². The molecule has 1 heterocycles. The Balaban J connectivity index is 0.00000288. The van der Waals surface area contributed by atoms with Gasteiger partial charge in [0, 0.05) is 17.9 Å². The average Bonchev–Trinajstić information content (AvgIpc) is 3.04. The zero-order chi connectivity index (χ0) is 16.5. The van der Waals surface area contributed by atoms with Crippen molar-refractivity contribution in [2.24, 2.45) is 4.99 Å². The van der Waals surface area contributed by atoms with Gasteiger partial charge in [-0.1, -0.05) is 0 Å². The van der Waals surface area contributed by atoms with Gasteiger partial charge >= 0.3 is 0 Å². The van der Waals surface area contributed by atoms with E-state index in [1.54, 1.807) is 0 Å². The van der Waals surface area contributed by atoms with Crippen molar-refractivity contribution in [3.8, 4) is 5.75 Å². The summed E-state index contributed by atoms with van der Waals surface area (Å²) in [6, 6.07) is 3.28. The fourth-order valence-electron chi connectivity index (χ4n) is 2.25. The molecule has 24 heavy (non-hydrogen) atoms. The molecule has 1 aliphatic heterocycles. The minimum absolute atomic E-state index is 0. The molecular formula is C16H24F2IN3OS. The molecule has 1 aliphatic rings.